The fourth-order valence-electron chi connectivity index (χ4n) is 1.65. The van der Waals surface area contributed by atoms with Crippen LogP contribution in [0, 0.1) is 0 Å². The van der Waals surface area contributed by atoms with Crippen LogP contribution in [0.2, 0.25) is 5.02 Å². The predicted molar refractivity (Wildman–Crippen MR) is 99.4 cm³/mol. The first-order chi connectivity index (χ1) is 10.6. The molecule has 0 saturated carbocycles. The van der Waals surface area contributed by atoms with E-state index < -0.39 is 0 Å². The van der Waals surface area contributed by atoms with Crippen molar-refractivity contribution in [1.82, 2.24) is 5.43 Å². The highest BCUT2D eigenvalue weighted by molar-refractivity contribution is 7.80. The third-order valence-corrected chi connectivity index (χ3v) is 3.20. The number of nitrogens with one attached hydrogen (secondary N) is 2. The van der Waals surface area contributed by atoms with Gasteiger partial charge in [-0.25, -0.2) is 0 Å². The third kappa shape index (κ3) is 5.68. The summed E-state index contributed by atoms with van der Waals surface area (Å²) in [5.41, 5.74) is 5.61. The summed E-state index contributed by atoms with van der Waals surface area (Å²) in [5, 5.41) is 8.34. The molecule has 22 heavy (non-hydrogen) atoms. The monoisotopic (exact) mass is 329 g/mol. The summed E-state index contributed by atoms with van der Waals surface area (Å²) in [6.45, 7) is 1.90. The third-order valence-electron chi connectivity index (χ3n) is 2.75. The number of benzene rings is 2. The Morgan fingerprint density at radius 1 is 1.09 bits per heavy atom. The van der Waals surface area contributed by atoms with Gasteiger partial charge >= 0.3 is 0 Å². The Morgan fingerprint density at radius 3 is 2.45 bits per heavy atom. The number of hydrogen-bond donors (Lipinski definition) is 2. The molecule has 0 bridgehead atoms. The van der Waals surface area contributed by atoms with Gasteiger partial charge in [0.25, 0.3) is 0 Å². The van der Waals surface area contributed by atoms with Crippen molar-refractivity contribution in [3.05, 3.63) is 71.3 Å². The highest BCUT2D eigenvalue weighted by Gasteiger charge is 1.96. The first kappa shape index (κ1) is 16.2. The number of hydrazone groups is 1. The molecule has 0 radical (unpaired) electrons. The van der Waals surface area contributed by atoms with E-state index in [0.29, 0.717) is 10.1 Å². The summed E-state index contributed by atoms with van der Waals surface area (Å²) < 4.78 is 0. The van der Waals surface area contributed by atoms with Crippen LogP contribution in [0.3, 0.4) is 0 Å². The van der Waals surface area contributed by atoms with E-state index in [2.05, 4.69) is 15.8 Å². The Labute approximate surface area is 140 Å². The molecule has 0 aliphatic rings. The lowest BCUT2D eigenvalue weighted by molar-refractivity contribution is 1.04. The highest BCUT2D eigenvalue weighted by Crippen LogP contribution is 2.13. The lowest BCUT2D eigenvalue weighted by Gasteiger charge is -2.07. The predicted octanol–water partition coefficient (Wildman–Crippen LogP) is 4.72. The molecule has 5 heteroatoms. The molecule has 0 saturated heterocycles. The molecule has 0 fully saturated rings. The smallest absolute Gasteiger partial charge is 0.191 e. The Balaban J connectivity index is 1.86. The van der Waals surface area contributed by atoms with Crippen LogP contribution in [0.25, 0.3) is 6.08 Å². The zero-order chi connectivity index (χ0) is 15.8. The summed E-state index contributed by atoms with van der Waals surface area (Å²) >= 11 is 11.0. The second-order valence-electron chi connectivity index (χ2n) is 4.57. The number of allylic oxidation sites excluding steroid dienone is 1. The molecular formula is C17H16ClN3S. The van der Waals surface area contributed by atoms with Crippen LogP contribution in [-0.4, -0.2) is 10.8 Å². The van der Waals surface area contributed by atoms with Gasteiger partial charge in [0.2, 0.25) is 0 Å². The van der Waals surface area contributed by atoms with Crippen LogP contribution < -0.4 is 10.7 Å². The average molecular weight is 330 g/mol. The molecular weight excluding hydrogens is 314 g/mol. The van der Waals surface area contributed by atoms with Crippen LogP contribution >= 0.6 is 23.8 Å². The van der Waals surface area contributed by atoms with Gasteiger partial charge in [-0.1, -0.05) is 48.0 Å². The Morgan fingerprint density at radius 2 is 1.77 bits per heavy atom. The van der Waals surface area contributed by atoms with Gasteiger partial charge in [-0.15, -0.1) is 0 Å². The van der Waals surface area contributed by atoms with Crippen molar-refractivity contribution in [1.29, 1.82) is 0 Å². The van der Waals surface area contributed by atoms with E-state index in [4.69, 9.17) is 23.8 Å². The first-order valence-electron chi connectivity index (χ1n) is 6.73. The van der Waals surface area contributed by atoms with Crippen molar-refractivity contribution in [3.63, 3.8) is 0 Å². The second kappa shape index (κ2) is 8.32. The molecule has 2 aromatic carbocycles. The Hall–Kier alpha value is -2.17. The summed E-state index contributed by atoms with van der Waals surface area (Å²) in [6.07, 6.45) is 3.92. The first-order valence-corrected chi connectivity index (χ1v) is 7.52. The van der Waals surface area contributed by atoms with Gasteiger partial charge in [-0.05, 0) is 55.0 Å². The standard InChI is InChI=1S/C17H16ClN3S/c1-13(7-8-14-5-3-2-4-6-14)20-21-17(22)19-16-11-9-15(18)10-12-16/h2-12H,1H3,(H2,19,21,22)/b8-7+,20-13+. The number of anilines is 1. The molecule has 0 spiro atoms. The minimum Gasteiger partial charge on any atom is -0.331 e. The molecule has 0 heterocycles. The number of nitrogens with zero attached hydrogens (tertiary/aromatic N) is 1. The lowest BCUT2D eigenvalue weighted by atomic mass is 10.2. The maximum absolute atomic E-state index is 5.83. The maximum Gasteiger partial charge on any atom is 0.191 e. The average Bonchev–Trinajstić information content (AvgIpc) is 2.54. The van der Waals surface area contributed by atoms with Gasteiger partial charge in [0.05, 0.1) is 5.71 Å². The molecule has 0 atom stereocenters. The highest BCUT2D eigenvalue weighted by atomic mass is 35.5. The van der Waals surface area contributed by atoms with Gasteiger partial charge in [-0.3, -0.25) is 5.43 Å². The molecule has 0 unspecified atom stereocenters. The molecule has 0 amide bonds. The van der Waals surface area contributed by atoms with Crippen molar-refractivity contribution in [3.8, 4) is 0 Å². The van der Waals surface area contributed by atoms with E-state index in [0.717, 1.165) is 17.0 Å². The fourth-order valence-corrected chi connectivity index (χ4v) is 1.94. The van der Waals surface area contributed by atoms with Crippen LogP contribution in [0.5, 0.6) is 0 Å². The SMILES string of the molecule is CC(/C=C/c1ccccc1)=N\NC(=S)Nc1ccc(Cl)cc1. The molecule has 3 nitrogen and oxygen atoms in total. The van der Waals surface area contributed by atoms with E-state index in [-0.39, 0.29) is 0 Å². The van der Waals surface area contributed by atoms with E-state index in [1.165, 1.54) is 0 Å². The molecule has 0 aromatic heterocycles. The molecule has 2 aromatic rings. The normalized spacial score (nSPS) is 11.5. The molecule has 2 N–H and O–H groups in total. The van der Waals surface area contributed by atoms with Crippen molar-refractivity contribution in [2.75, 3.05) is 5.32 Å². The Bertz CT molecular complexity index is 679. The van der Waals surface area contributed by atoms with E-state index >= 15 is 0 Å². The molecule has 0 aliphatic heterocycles. The Kier molecular flexibility index (Phi) is 6.13. The van der Waals surface area contributed by atoms with Crippen molar-refractivity contribution in [2.45, 2.75) is 6.92 Å². The maximum atomic E-state index is 5.83. The lowest BCUT2D eigenvalue weighted by Crippen LogP contribution is -2.24. The summed E-state index contributed by atoms with van der Waals surface area (Å²) in [6, 6.07) is 17.3. The fraction of sp³-hybridized carbons (Fsp3) is 0.0588. The van der Waals surface area contributed by atoms with E-state index in [1.807, 2.05) is 61.5 Å². The van der Waals surface area contributed by atoms with Gasteiger partial charge in [0, 0.05) is 10.7 Å². The van der Waals surface area contributed by atoms with Crippen LogP contribution in [-0.2, 0) is 0 Å². The summed E-state index contributed by atoms with van der Waals surface area (Å²) in [4.78, 5) is 0. The van der Waals surface area contributed by atoms with E-state index in [9.17, 15) is 0 Å². The van der Waals surface area contributed by atoms with Gasteiger partial charge in [-0.2, -0.15) is 5.10 Å². The minimum atomic E-state index is 0.426. The van der Waals surface area contributed by atoms with E-state index in [1.54, 1.807) is 12.1 Å². The van der Waals surface area contributed by atoms with Gasteiger partial charge in [0.1, 0.15) is 0 Å². The number of halogens is 1. The minimum absolute atomic E-state index is 0.426. The number of rotatable bonds is 4. The summed E-state index contributed by atoms with van der Waals surface area (Å²) in [7, 11) is 0. The van der Waals surface area contributed by atoms with Gasteiger partial charge in [0.15, 0.2) is 5.11 Å². The van der Waals surface area contributed by atoms with Crippen LogP contribution in [0.4, 0.5) is 5.69 Å². The topological polar surface area (TPSA) is 36.4 Å². The molecule has 0 aliphatic carbocycles. The number of thiocarbonyl (C=S) groups is 1. The zero-order valence-electron chi connectivity index (χ0n) is 12.1. The number of hydrogen-bond acceptors (Lipinski definition) is 2. The molecule has 2 rings (SSSR count). The van der Waals surface area contributed by atoms with Crippen LogP contribution in [0.1, 0.15) is 12.5 Å². The molecule has 112 valence electrons. The second-order valence-corrected chi connectivity index (χ2v) is 5.41. The van der Waals surface area contributed by atoms with Crippen molar-refractivity contribution >= 4 is 46.4 Å². The summed E-state index contributed by atoms with van der Waals surface area (Å²) in [5.74, 6) is 0. The van der Waals surface area contributed by atoms with Crippen LogP contribution in [0.15, 0.2) is 65.8 Å². The zero-order valence-corrected chi connectivity index (χ0v) is 13.7. The van der Waals surface area contributed by atoms with Crippen molar-refractivity contribution in [2.24, 2.45) is 5.10 Å². The van der Waals surface area contributed by atoms with Gasteiger partial charge < -0.3 is 5.32 Å². The quantitative estimate of drug-likeness (QED) is 0.484. The largest absolute Gasteiger partial charge is 0.331 e. The van der Waals surface area contributed by atoms with Crippen molar-refractivity contribution < 1.29 is 0 Å².